The summed E-state index contributed by atoms with van der Waals surface area (Å²) < 4.78 is 41.3. The summed E-state index contributed by atoms with van der Waals surface area (Å²) in [5, 5.41) is 0. The molecule has 0 aliphatic carbocycles. The summed E-state index contributed by atoms with van der Waals surface area (Å²) in [6, 6.07) is 5.58. The fourth-order valence-electron chi connectivity index (χ4n) is 4.14. The lowest BCUT2D eigenvalue weighted by atomic mass is 10.1. The van der Waals surface area contributed by atoms with Gasteiger partial charge in [0.05, 0.1) is 24.6 Å². The van der Waals surface area contributed by atoms with E-state index in [-0.39, 0.29) is 12.6 Å². The summed E-state index contributed by atoms with van der Waals surface area (Å²) >= 11 is 0. The lowest BCUT2D eigenvalue weighted by Crippen LogP contribution is -2.48. The van der Waals surface area contributed by atoms with Gasteiger partial charge in [0.15, 0.2) is 0 Å². The first-order chi connectivity index (χ1) is 14.1. The number of ether oxygens (including phenoxy) is 2. The predicted molar refractivity (Wildman–Crippen MR) is 114 cm³/mol. The topological polar surface area (TPSA) is 91.4 Å². The van der Waals surface area contributed by atoms with E-state index in [0.29, 0.717) is 38.4 Å². The second kappa shape index (κ2) is 7.90. The number of benzene rings is 1. The van der Waals surface area contributed by atoms with Gasteiger partial charge in [0.2, 0.25) is 0 Å². The second-order valence-electron chi connectivity index (χ2n) is 8.93. The van der Waals surface area contributed by atoms with Crippen LogP contribution in [0.3, 0.4) is 0 Å². The monoisotopic (exact) mass is 438 g/mol. The molecular formula is C20H30N4O5S. The molecule has 1 aromatic rings. The molecule has 1 amide bonds. The van der Waals surface area contributed by atoms with E-state index in [9.17, 15) is 13.2 Å². The number of carbonyl (C=O) groups is 1. The quantitative estimate of drug-likeness (QED) is 0.760. The normalized spacial score (nSPS) is 24.3. The van der Waals surface area contributed by atoms with Gasteiger partial charge in [0.25, 0.3) is 0 Å². The van der Waals surface area contributed by atoms with Crippen molar-refractivity contribution in [1.82, 2.24) is 9.21 Å². The van der Waals surface area contributed by atoms with Crippen LogP contribution in [0.15, 0.2) is 18.2 Å². The first-order valence-corrected chi connectivity index (χ1v) is 11.8. The minimum Gasteiger partial charge on any atom is -0.444 e. The van der Waals surface area contributed by atoms with Gasteiger partial charge in [-0.25, -0.2) is 4.79 Å². The van der Waals surface area contributed by atoms with Gasteiger partial charge in [-0.1, -0.05) is 12.1 Å². The molecule has 30 heavy (non-hydrogen) atoms. The average molecular weight is 439 g/mol. The van der Waals surface area contributed by atoms with Crippen molar-refractivity contribution in [1.29, 1.82) is 0 Å². The van der Waals surface area contributed by atoms with Crippen molar-refractivity contribution >= 4 is 27.7 Å². The van der Waals surface area contributed by atoms with E-state index in [1.807, 2.05) is 39.0 Å². The van der Waals surface area contributed by atoms with Crippen molar-refractivity contribution in [2.24, 2.45) is 0 Å². The Hall–Kier alpha value is -2.04. The molecule has 2 saturated heterocycles. The molecule has 0 radical (unpaired) electrons. The van der Waals surface area contributed by atoms with Crippen LogP contribution in [-0.2, 0) is 26.2 Å². The standard InChI is InChI=1S/C20H30N4O5S/c1-20(2,3)29-19(25)23-8-7-16(14-23)24-13-15-5-4-6-17(18(15)21-30(24,26)27)22-9-11-28-12-10-22/h4-6,16,21H,7-14H2,1-3H3/t16-/m1/s1. The third-order valence-electron chi connectivity index (χ3n) is 5.57. The van der Waals surface area contributed by atoms with Crippen LogP contribution in [0, 0.1) is 0 Å². The van der Waals surface area contributed by atoms with Gasteiger partial charge in [0, 0.05) is 38.8 Å². The van der Waals surface area contributed by atoms with E-state index in [1.165, 1.54) is 4.31 Å². The van der Waals surface area contributed by atoms with Crippen LogP contribution < -0.4 is 9.62 Å². The summed E-state index contributed by atoms with van der Waals surface area (Å²) in [7, 11) is -3.72. The van der Waals surface area contributed by atoms with Crippen LogP contribution >= 0.6 is 0 Å². The Balaban J connectivity index is 1.52. The first-order valence-electron chi connectivity index (χ1n) is 10.4. The number of carbonyl (C=O) groups excluding carboxylic acids is 1. The molecule has 0 saturated carbocycles. The molecule has 0 bridgehead atoms. The molecule has 166 valence electrons. The molecule has 10 heteroatoms. The number of likely N-dealkylation sites (tertiary alicyclic amines) is 1. The molecule has 0 unspecified atom stereocenters. The van der Waals surface area contributed by atoms with Crippen molar-refractivity contribution in [2.75, 3.05) is 49.0 Å². The summed E-state index contributed by atoms with van der Waals surface area (Å²) in [4.78, 5) is 16.1. The molecule has 1 atom stereocenters. The lowest BCUT2D eigenvalue weighted by Gasteiger charge is -2.37. The predicted octanol–water partition coefficient (Wildman–Crippen LogP) is 2.00. The minimum atomic E-state index is -3.72. The number of nitrogens with one attached hydrogen (secondary N) is 1. The van der Waals surface area contributed by atoms with Crippen molar-refractivity contribution in [3.8, 4) is 0 Å². The van der Waals surface area contributed by atoms with Crippen LogP contribution in [0.2, 0.25) is 0 Å². The van der Waals surface area contributed by atoms with Crippen LogP contribution in [0.25, 0.3) is 0 Å². The van der Waals surface area contributed by atoms with Crippen LogP contribution in [0.5, 0.6) is 0 Å². The largest absolute Gasteiger partial charge is 0.444 e. The fraction of sp³-hybridized carbons (Fsp3) is 0.650. The smallest absolute Gasteiger partial charge is 0.410 e. The molecule has 0 spiro atoms. The van der Waals surface area contributed by atoms with Crippen molar-refractivity contribution < 1.29 is 22.7 Å². The third-order valence-corrected chi connectivity index (χ3v) is 7.08. The van der Waals surface area contributed by atoms with E-state index in [0.717, 1.165) is 24.3 Å². The Labute approximate surface area is 178 Å². The van der Waals surface area contributed by atoms with Crippen molar-refractivity contribution in [2.45, 2.75) is 45.4 Å². The maximum absolute atomic E-state index is 13.1. The summed E-state index contributed by atoms with van der Waals surface area (Å²) in [6.07, 6.45) is 0.181. The van der Waals surface area contributed by atoms with Crippen molar-refractivity contribution in [3.63, 3.8) is 0 Å². The Morgan fingerprint density at radius 1 is 1.20 bits per heavy atom. The number of rotatable bonds is 2. The number of morpholine rings is 1. The minimum absolute atomic E-state index is 0.282. The molecular weight excluding hydrogens is 408 g/mol. The van der Waals surface area contributed by atoms with E-state index < -0.39 is 21.9 Å². The van der Waals surface area contributed by atoms with E-state index in [1.54, 1.807) is 4.90 Å². The highest BCUT2D eigenvalue weighted by atomic mass is 32.2. The number of anilines is 2. The van der Waals surface area contributed by atoms with Crippen LogP contribution in [0.1, 0.15) is 32.8 Å². The third kappa shape index (κ3) is 4.35. The highest BCUT2D eigenvalue weighted by molar-refractivity contribution is 7.90. The van der Waals surface area contributed by atoms with Crippen LogP contribution in [0.4, 0.5) is 16.2 Å². The Morgan fingerprint density at radius 2 is 1.93 bits per heavy atom. The van der Waals surface area contributed by atoms with E-state index in [2.05, 4.69) is 9.62 Å². The molecule has 3 aliphatic heterocycles. The Bertz CT molecular complexity index is 908. The van der Waals surface area contributed by atoms with E-state index in [4.69, 9.17) is 9.47 Å². The Kier molecular flexibility index (Phi) is 5.58. The number of fused-ring (bicyclic) bond motifs is 1. The van der Waals surface area contributed by atoms with Gasteiger partial charge in [-0.15, -0.1) is 0 Å². The molecule has 2 fully saturated rings. The van der Waals surface area contributed by atoms with Crippen molar-refractivity contribution in [3.05, 3.63) is 23.8 Å². The number of para-hydroxylation sites is 1. The molecule has 1 N–H and O–H groups in total. The highest BCUT2D eigenvalue weighted by Crippen LogP contribution is 2.37. The van der Waals surface area contributed by atoms with Crippen LogP contribution in [-0.4, -0.2) is 74.8 Å². The number of nitrogens with zero attached hydrogens (tertiary/aromatic N) is 3. The molecule has 3 heterocycles. The van der Waals surface area contributed by atoms with E-state index >= 15 is 0 Å². The maximum Gasteiger partial charge on any atom is 0.410 e. The molecule has 3 aliphatic rings. The SMILES string of the molecule is CC(C)(C)OC(=O)N1CC[C@@H](N2Cc3cccc(N4CCOCC4)c3NS2(=O)=O)C1. The maximum atomic E-state index is 13.1. The zero-order valence-electron chi connectivity index (χ0n) is 17.8. The van der Waals surface area contributed by atoms with Gasteiger partial charge in [-0.3, -0.25) is 4.72 Å². The first kappa shape index (κ1) is 21.2. The summed E-state index contributed by atoms with van der Waals surface area (Å²) in [5.74, 6) is 0. The second-order valence-corrected chi connectivity index (χ2v) is 10.6. The van der Waals surface area contributed by atoms with Gasteiger partial charge in [-0.05, 0) is 38.8 Å². The molecule has 4 rings (SSSR count). The van der Waals surface area contributed by atoms with Gasteiger partial charge < -0.3 is 19.3 Å². The summed E-state index contributed by atoms with van der Waals surface area (Å²) in [5.41, 5.74) is 1.89. The van der Waals surface area contributed by atoms with Gasteiger partial charge >= 0.3 is 16.3 Å². The molecule has 9 nitrogen and oxygen atoms in total. The number of hydrogen-bond donors (Lipinski definition) is 1. The fourth-order valence-corrected chi connectivity index (χ4v) is 5.62. The Morgan fingerprint density at radius 3 is 2.63 bits per heavy atom. The van der Waals surface area contributed by atoms with Gasteiger partial charge in [-0.2, -0.15) is 12.7 Å². The molecule has 0 aromatic heterocycles. The summed E-state index contributed by atoms with van der Waals surface area (Å²) in [6.45, 7) is 9.28. The lowest BCUT2D eigenvalue weighted by molar-refractivity contribution is 0.0286. The van der Waals surface area contributed by atoms with Gasteiger partial charge in [0.1, 0.15) is 5.60 Å². The highest BCUT2D eigenvalue weighted by Gasteiger charge is 2.41. The zero-order valence-corrected chi connectivity index (χ0v) is 18.6. The zero-order chi connectivity index (χ0) is 21.5. The molecule has 1 aromatic carbocycles. The number of hydrogen-bond acceptors (Lipinski definition) is 6. The number of amides is 1. The average Bonchev–Trinajstić information content (AvgIpc) is 3.16.